The molecule has 0 saturated carbocycles. The number of carbonyl (C=O) groups is 2. The second-order valence-electron chi connectivity index (χ2n) is 5.86. The Kier molecular flexibility index (Phi) is 10.8. The third kappa shape index (κ3) is 7.74. The summed E-state index contributed by atoms with van der Waals surface area (Å²) in [5.41, 5.74) is 2.84. The Balaban J connectivity index is 0.000000610. The number of carbonyl (C=O) groups excluding carboxylic acids is 2. The van der Waals surface area contributed by atoms with Crippen LogP contribution in [0.3, 0.4) is 0 Å². The molecule has 6 heteroatoms. The summed E-state index contributed by atoms with van der Waals surface area (Å²) in [6.07, 6.45) is 2.45. The lowest BCUT2D eigenvalue weighted by Crippen LogP contribution is -2.32. The number of benzene rings is 1. The zero-order valence-corrected chi connectivity index (χ0v) is 16.1. The van der Waals surface area contributed by atoms with E-state index in [-0.39, 0.29) is 11.5 Å². The van der Waals surface area contributed by atoms with Crippen molar-refractivity contribution in [2.75, 3.05) is 26.0 Å². The number of hydrogen-bond acceptors (Lipinski definition) is 5. The van der Waals surface area contributed by atoms with Gasteiger partial charge in [-0.25, -0.2) is 0 Å². The Hall–Kier alpha value is -2.50. The minimum absolute atomic E-state index is 0.0712. The number of aryl methyl sites for hydroxylation is 1. The highest BCUT2D eigenvalue weighted by Crippen LogP contribution is 2.31. The number of ketones is 1. The molecule has 0 saturated heterocycles. The summed E-state index contributed by atoms with van der Waals surface area (Å²) in [4.78, 5) is 22.3. The van der Waals surface area contributed by atoms with Gasteiger partial charge in [-0.3, -0.25) is 9.59 Å². The van der Waals surface area contributed by atoms with E-state index in [4.69, 9.17) is 0 Å². The molecule has 1 aliphatic rings. The van der Waals surface area contributed by atoms with E-state index in [0.29, 0.717) is 17.8 Å². The normalized spacial score (nSPS) is 12.0. The van der Waals surface area contributed by atoms with Gasteiger partial charge in [0.2, 0.25) is 6.41 Å². The van der Waals surface area contributed by atoms with Crippen molar-refractivity contribution in [1.82, 2.24) is 10.2 Å². The lowest BCUT2D eigenvalue weighted by Gasteiger charge is -2.24. The molecule has 0 spiro atoms. The molecular formula is C19H31N3O3. The van der Waals surface area contributed by atoms with Crippen molar-refractivity contribution in [2.24, 2.45) is 0 Å². The summed E-state index contributed by atoms with van der Waals surface area (Å²) in [7, 11) is 3.38. The van der Waals surface area contributed by atoms with E-state index in [1.165, 1.54) is 11.3 Å². The van der Waals surface area contributed by atoms with Gasteiger partial charge in [-0.15, -0.1) is 0 Å². The first-order valence-corrected chi connectivity index (χ1v) is 8.49. The maximum atomic E-state index is 11.5. The van der Waals surface area contributed by atoms with Gasteiger partial charge in [-0.05, 0) is 25.5 Å². The van der Waals surface area contributed by atoms with Crippen molar-refractivity contribution >= 4 is 17.9 Å². The van der Waals surface area contributed by atoms with E-state index in [1.54, 1.807) is 20.2 Å². The van der Waals surface area contributed by atoms with Gasteiger partial charge in [0, 0.05) is 26.3 Å². The molecule has 0 heterocycles. The number of phenols is 1. The fraction of sp³-hybridized carbons (Fsp3) is 0.474. The highest BCUT2D eigenvalue weighted by molar-refractivity contribution is 6.06. The average Bonchev–Trinajstić information content (AvgIpc) is 2.57. The van der Waals surface area contributed by atoms with Gasteiger partial charge < -0.3 is 20.6 Å². The molecule has 0 aromatic heterocycles. The lowest BCUT2D eigenvalue weighted by molar-refractivity contribution is -0.117. The molecule has 0 aliphatic heterocycles. The smallest absolute Gasteiger partial charge is 0.209 e. The van der Waals surface area contributed by atoms with Crippen LogP contribution in [0, 0.1) is 6.92 Å². The Bertz CT molecular complexity index is 596. The monoisotopic (exact) mass is 349 g/mol. The number of allylic oxidation sites excluding steroid dienone is 2. The molecule has 1 amide bonds. The summed E-state index contributed by atoms with van der Waals surface area (Å²) < 4.78 is 0. The molecule has 0 radical (unpaired) electrons. The molecule has 0 atom stereocenters. The summed E-state index contributed by atoms with van der Waals surface area (Å²) in [6.45, 7) is 8.84. The second kappa shape index (κ2) is 11.9. The summed E-state index contributed by atoms with van der Waals surface area (Å²) in [5.74, 6) is 0.261. The Labute approximate surface area is 150 Å². The average molecular weight is 349 g/mol. The molecule has 1 aliphatic carbocycles. The number of nitrogens with one attached hydrogen (secondary N) is 2. The van der Waals surface area contributed by atoms with Crippen LogP contribution in [0.25, 0.3) is 0 Å². The minimum Gasteiger partial charge on any atom is -0.505 e. The fourth-order valence-electron chi connectivity index (χ4n) is 1.80. The number of Topliss-reactive ketones (excluding diaryl/α,β-unsaturated/α-hetero) is 1. The topological polar surface area (TPSA) is 81.7 Å². The summed E-state index contributed by atoms with van der Waals surface area (Å²) in [5, 5.41) is 16.0. The van der Waals surface area contributed by atoms with Gasteiger partial charge in [0.1, 0.15) is 11.4 Å². The molecule has 1 aromatic rings. The summed E-state index contributed by atoms with van der Waals surface area (Å²) in [6, 6.07) is 5.42. The number of para-hydroxylation sites is 1. The van der Waals surface area contributed by atoms with Crippen molar-refractivity contribution in [1.29, 1.82) is 0 Å². The SMILES string of the molecule is CCC.CCNC1=C(Nc2cccc(C)c2O)C(=O)C1.CN(C)C=O. The maximum Gasteiger partial charge on any atom is 0.209 e. The van der Waals surface area contributed by atoms with Gasteiger partial charge in [-0.2, -0.15) is 0 Å². The highest BCUT2D eigenvalue weighted by Gasteiger charge is 2.27. The van der Waals surface area contributed by atoms with Crippen LogP contribution in [0.2, 0.25) is 0 Å². The van der Waals surface area contributed by atoms with Crippen LogP contribution in [-0.2, 0) is 9.59 Å². The van der Waals surface area contributed by atoms with Gasteiger partial charge >= 0.3 is 0 Å². The largest absolute Gasteiger partial charge is 0.505 e. The van der Waals surface area contributed by atoms with E-state index in [9.17, 15) is 14.7 Å². The highest BCUT2D eigenvalue weighted by atomic mass is 16.3. The third-order valence-electron chi connectivity index (χ3n) is 3.02. The number of aromatic hydroxyl groups is 1. The summed E-state index contributed by atoms with van der Waals surface area (Å²) >= 11 is 0. The van der Waals surface area contributed by atoms with Crippen LogP contribution >= 0.6 is 0 Å². The van der Waals surface area contributed by atoms with Crippen LogP contribution in [0.4, 0.5) is 5.69 Å². The van der Waals surface area contributed by atoms with E-state index in [2.05, 4.69) is 24.5 Å². The van der Waals surface area contributed by atoms with Crippen LogP contribution in [-0.4, -0.2) is 42.8 Å². The van der Waals surface area contributed by atoms with Gasteiger partial charge in [0.15, 0.2) is 5.78 Å². The molecule has 1 aromatic carbocycles. The quantitative estimate of drug-likeness (QED) is 0.562. The van der Waals surface area contributed by atoms with Crippen molar-refractivity contribution in [2.45, 2.75) is 40.5 Å². The number of rotatable bonds is 5. The first kappa shape index (κ1) is 22.5. The zero-order valence-electron chi connectivity index (χ0n) is 16.1. The Morgan fingerprint density at radius 1 is 1.24 bits per heavy atom. The van der Waals surface area contributed by atoms with E-state index in [0.717, 1.165) is 24.2 Å². The molecule has 2 rings (SSSR count). The molecule has 0 bridgehead atoms. The molecular weight excluding hydrogens is 318 g/mol. The van der Waals surface area contributed by atoms with Gasteiger partial charge in [-0.1, -0.05) is 32.4 Å². The first-order chi connectivity index (χ1) is 11.8. The minimum atomic E-state index is 0.0712. The number of hydrogen-bond donors (Lipinski definition) is 3. The maximum absolute atomic E-state index is 11.5. The predicted molar refractivity (Wildman–Crippen MR) is 103 cm³/mol. The van der Waals surface area contributed by atoms with Gasteiger partial charge in [0.05, 0.1) is 12.1 Å². The number of anilines is 1. The standard InChI is InChI=1S/C13H16N2O2.C3H7NO.C3H8/c1-3-14-10-7-11(16)12(10)15-9-6-4-5-8(2)13(9)17;1-4(2)3-5;1-3-2/h4-6,14-15,17H,3,7H2,1-2H3;3H,1-2H3;3H2,1-2H3. The predicted octanol–water partition coefficient (Wildman–Crippen LogP) is 3.03. The molecule has 3 N–H and O–H groups in total. The van der Waals surface area contributed by atoms with Crippen LogP contribution in [0.1, 0.15) is 39.2 Å². The number of phenolic OH excluding ortho intramolecular Hbond substituents is 1. The van der Waals surface area contributed by atoms with E-state index in [1.807, 2.05) is 26.0 Å². The van der Waals surface area contributed by atoms with Crippen molar-refractivity contribution < 1.29 is 14.7 Å². The van der Waals surface area contributed by atoms with Crippen molar-refractivity contribution in [3.05, 3.63) is 35.2 Å². The molecule has 0 unspecified atom stereocenters. The molecule has 0 fully saturated rings. The molecule has 25 heavy (non-hydrogen) atoms. The van der Waals surface area contributed by atoms with Crippen LogP contribution in [0.15, 0.2) is 29.6 Å². The second-order valence-corrected chi connectivity index (χ2v) is 5.86. The number of nitrogens with zero attached hydrogens (tertiary/aromatic N) is 1. The van der Waals surface area contributed by atoms with Crippen molar-refractivity contribution in [3.8, 4) is 5.75 Å². The van der Waals surface area contributed by atoms with Crippen LogP contribution < -0.4 is 10.6 Å². The zero-order chi connectivity index (χ0) is 19.4. The van der Waals surface area contributed by atoms with Crippen molar-refractivity contribution in [3.63, 3.8) is 0 Å². The fourth-order valence-corrected chi connectivity index (χ4v) is 1.80. The van der Waals surface area contributed by atoms with E-state index >= 15 is 0 Å². The molecule has 6 nitrogen and oxygen atoms in total. The van der Waals surface area contributed by atoms with Crippen LogP contribution in [0.5, 0.6) is 5.75 Å². The molecule has 140 valence electrons. The lowest BCUT2D eigenvalue weighted by atomic mass is 9.98. The number of amides is 1. The Morgan fingerprint density at radius 3 is 2.24 bits per heavy atom. The Morgan fingerprint density at radius 2 is 1.80 bits per heavy atom. The van der Waals surface area contributed by atoms with Gasteiger partial charge in [0.25, 0.3) is 0 Å². The first-order valence-electron chi connectivity index (χ1n) is 8.49. The van der Waals surface area contributed by atoms with E-state index < -0.39 is 0 Å². The third-order valence-corrected chi connectivity index (χ3v) is 3.02.